The van der Waals surface area contributed by atoms with Crippen LogP contribution in [0, 0.1) is 0 Å². The second-order valence-electron chi connectivity index (χ2n) is 6.21. The lowest BCUT2D eigenvalue weighted by Gasteiger charge is -2.15. The summed E-state index contributed by atoms with van der Waals surface area (Å²) in [6, 6.07) is 12.1. The fourth-order valence-corrected chi connectivity index (χ4v) is 3.74. The molecule has 0 saturated heterocycles. The predicted molar refractivity (Wildman–Crippen MR) is 109 cm³/mol. The Bertz CT molecular complexity index is 919. The number of amides is 2. The Balaban J connectivity index is 1.60. The summed E-state index contributed by atoms with van der Waals surface area (Å²) in [6.45, 7) is 1.74. The number of anilines is 1. The highest BCUT2D eigenvalue weighted by Crippen LogP contribution is 2.31. The maximum absolute atomic E-state index is 12.4. The van der Waals surface area contributed by atoms with E-state index in [0.717, 1.165) is 10.5 Å². The third-order valence-electron chi connectivity index (χ3n) is 4.14. The highest BCUT2D eigenvalue weighted by molar-refractivity contribution is 7.99. The Morgan fingerprint density at radius 2 is 2.07 bits per heavy atom. The number of hydrogen-bond donors (Lipinski definition) is 2. The van der Waals surface area contributed by atoms with E-state index >= 15 is 0 Å². The Kier molecular flexibility index (Phi) is 6.59. The monoisotopic (exact) mass is 418 g/mol. The van der Waals surface area contributed by atoms with Crippen LogP contribution >= 0.6 is 23.4 Å². The van der Waals surface area contributed by atoms with Crippen molar-refractivity contribution in [2.75, 3.05) is 11.1 Å². The van der Waals surface area contributed by atoms with Crippen LogP contribution < -0.4 is 10.6 Å². The third kappa shape index (κ3) is 5.05. The van der Waals surface area contributed by atoms with E-state index in [1.165, 1.54) is 6.92 Å². The molecule has 1 aliphatic rings. The van der Waals surface area contributed by atoms with Gasteiger partial charge in [0.1, 0.15) is 0 Å². The van der Waals surface area contributed by atoms with Gasteiger partial charge < -0.3 is 15.4 Å². The third-order valence-corrected chi connectivity index (χ3v) is 5.58. The van der Waals surface area contributed by atoms with E-state index in [1.807, 2.05) is 6.07 Å². The molecule has 6 nitrogen and oxygen atoms in total. The van der Waals surface area contributed by atoms with Crippen LogP contribution in [0.1, 0.15) is 29.3 Å². The second kappa shape index (κ2) is 9.12. The van der Waals surface area contributed by atoms with Gasteiger partial charge in [0.25, 0.3) is 5.91 Å². The molecule has 2 amide bonds. The number of esters is 1. The molecule has 1 atom stereocenters. The second-order valence-corrected chi connectivity index (χ2v) is 7.76. The molecule has 0 spiro atoms. The first-order valence-corrected chi connectivity index (χ1v) is 10.1. The van der Waals surface area contributed by atoms with E-state index in [4.69, 9.17) is 16.3 Å². The fraction of sp³-hybridized carbons (Fsp3) is 0.250. The van der Waals surface area contributed by atoms with Crippen molar-refractivity contribution >= 4 is 46.8 Å². The van der Waals surface area contributed by atoms with Gasteiger partial charge in [0, 0.05) is 28.6 Å². The maximum Gasteiger partial charge on any atom is 0.338 e. The van der Waals surface area contributed by atoms with Gasteiger partial charge in [0.05, 0.1) is 11.3 Å². The Morgan fingerprint density at radius 1 is 1.29 bits per heavy atom. The van der Waals surface area contributed by atoms with Gasteiger partial charge in [-0.3, -0.25) is 9.59 Å². The van der Waals surface area contributed by atoms with E-state index in [0.29, 0.717) is 22.9 Å². The highest BCUT2D eigenvalue weighted by atomic mass is 35.5. The van der Waals surface area contributed by atoms with E-state index in [2.05, 4.69) is 10.6 Å². The minimum Gasteiger partial charge on any atom is -0.449 e. The van der Waals surface area contributed by atoms with Crippen molar-refractivity contribution in [3.05, 3.63) is 58.6 Å². The molecular formula is C20H19ClN2O4S. The normalized spacial score (nSPS) is 14.3. The van der Waals surface area contributed by atoms with Gasteiger partial charge in [-0.2, -0.15) is 0 Å². The SMILES string of the molecule is C[C@H](OC(=O)c1ccc2c(c1)NC(=O)CCS2)C(=O)NCc1ccccc1Cl. The zero-order valence-corrected chi connectivity index (χ0v) is 16.7. The molecule has 8 heteroatoms. The quantitative estimate of drug-likeness (QED) is 0.724. The average Bonchev–Trinajstić information content (AvgIpc) is 2.86. The summed E-state index contributed by atoms with van der Waals surface area (Å²) in [5.74, 6) is -0.465. The molecule has 0 unspecified atom stereocenters. The van der Waals surface area contributed by atoms with Gasteiger partial charge in [-0.25, -0.2) is 4.79 Å². The first-order chi connectivity index (χ1) is 13.4. The van der Waals surface area contributed by atoms with Gasteiger partial charge >= 0.3 is 5.97 Å². The van der Waals surface area contributed by atoms with E-state index < -0.39 is 18.0 Å². The first-order valence-electron chi connectivity index (χ1n) is 8.73. The number of rotatable bonds is 5. The zero-order chi connectivity index (χ0) is 20.1. The number of ether oxygens (including phenoxy) is 1. The lowest BCUT2D eigenvalue weighted by molar-refractivity contribution is -0.129. The molecule has 0 fully saturated rings. The van der Waals surface area contributed by atoms with Crippen LogP contribution in [0.5, 0.6) is 0 Å². The molecule has 2 N–H and O–H groups in total. The Morgan fingerprint density at radius 3 is 2.86 bits per heavy atom. The summed E-state index contributed by atoms with van der Waals surface area (Å²) >= 11 is 7.61. The largest absolute Gasteiger partial charge is 0.449 e. The Labute approximate surface area is 172 Å². The molecule has 28 heavy (non-hydrogen) atoms. The van der Waals surface area contributed by atoms with Crippen LogP contribution in [0.3, 0.4) is 0 Å². The Hall–Kier alpha value is -2.51. The van der Waals surface area contributed by atoms with Gasteiger partial charge in [-0.05, 0) is 36.8 Å². The standard InChI is InChI=1S/C20H19ClN2O4S/c1-12(19(25)22-11-14-4-2-3-5-15(14)21)27-20(26)13-6-7-17-16(10-13)23-18(24)8-9-28-17/h2-7,10,12H,8-9,11H2,1H3,(H,22,25)(H,23,24)/t12-/m0/s1. The molecule has 3 rings (SSSR count). The molecule has 0 aliphatic carbocycles. The topological polar surface area (TPSA) is 84.5 Å². The molecule has 1 heterocycles. The number of thioether (sulfide) groups is 1. The zero-order valence-electron chi connectivity index (χ0n) is 15.2. The summed E-state index contributed by atoms with van der Waals surface area (Å²) in [5, 5.41) is 6.03. The molecule has 0 radical (unpaired) electrons. The number of carbonyl (C=O) groups is 3. The van der Waals surface area contributed by atoms with Gasteiger partial charge in [0.15, 0.2) is 6.10 Å². The number of fused-ring (bicyclic) bond motifs is 1. The summed E-state index contributed by atoms with van der Waals surface area (Å²) in [6.07, 6.45) is -0.556. The van der Waals surface area contributed by atoms with Crippen LogP contribution in [-0.4, -0.2) is 29.6 Å². The van der Waals surface area contributed by atoms with Crippen LogP contribution in [-0.2, 0) is 20.9 Å². The molecule has 0 aromatic heterocycles. The lowest BCUT2D eigenvalue weighted by Crippen LogP contribution is -2.35. The maximum atomic E-state index is 12.4. The number of hydrogen-bond acceptors (Lipinski definition) is 5. The molecule has 2 aromatic rings. The van der Waals surface area contributed by atoms with Crippen molar-refractivity contribution in [3.63, 3.8) is 0 Å². The van der Waals surface area contributed by atoms with Crippen LogP contribution in [0.2, 0.25) is 5.02 Å². The van der Waals surface area contributed by atoms with Crippen molar-refractivity contribution in [1.82, 2.24) is 5.32 Å². The van der Waals surface area contributed by atoms with Crippen molar-refractivity contribution in [2.24, 2.45) is 0 Å². The van der Waals surface area contributed by atoms with Gasteiger partial charge in [-0.15, -0.1) is 11.8 Å². The van der Waals surface area contributed by atoms with Gasteiger partial charge in [-0.1, -0.05) is 29.8 Å². The van der Waals surface area contributed by atoms with Crippen LogP contribution in [0.15, 0.2) is 47.4 Å². The number of halogens is 1. The number of carbonyl (C=O) groups excluding carboxylic acids is 3. The average molecular weight is 419 g/mol. The predicted octanol–water partition coefficient (Wildman–Crippen LogP) is 3.64. The number of nitrogens with one attached hydrogen (secondary N) is 2. The summed E-state index contributed by atoms with van der Waals surface area (Å²) in [4.78, 5) is 37.2. The van der Waals surface area contributed by atoms with Crippen LogP contribution in [0.25, 0.3) is 0 Å². The molecular weight excluding hydrogens is 400 g/mol. The minimum atomic E-state index is -0.974. The fourth-order valence-electron chi connectivity index (χ4n) is 2.60. The van der Waals surface area contributed by atoms with E-state index in [-0.39, 0.29) is 18.0 Å². The molecule has 2 aromatic carbocycles. The highest BCUT2D eigenvalue weighted by Gasteiger charge is 2.21. The first kappa shape index (κ1) is 20.2. The van der Waals surface area contributed by atoms with Gasteiger partial charge in [0.2, 0.25) is 5.91 Å². The van der Waals surface area contributed by atoms with Crippen molar-refractivity contribution < 1.29 is 19.1 Å². The van der Waals surface area contributed by atoms with E-state index in [9.17, 15) is 14.4 Å². The molecule has 0 bridgehead atoms. The van der Waals surface area contributed by atoms with Crippen molar-refractivity contribution in [3.8, 4) is 0 Å². The summed E-state index contributed by atoms with van der Waals surface area (Å²) in [5.41, 5.74) is 1.63. The number of benzene rings is 2. The molecule has 146 valence electrons. The minimum absolute atomic E-state index is 0.0934. The smallest absolute Gasteiger partial charge is 0.338 e. The van der Waals surface area contributed by atoms with E-state index in [1.54, 1.807) is 48.2 Å². The molecule has 0 saturated carbocycles. The van der Waals surface area contributed by atoms with Crippen molar-refractivity contribution in [1.29, 1.82) is 0 Å². The van der Waals surface area contributed by atoms with Crippen LogP contribution in [0.4, 0.5) is 5.69 Å². The molecule has 1 aliphatic heterocycles. The summed E-state index contributed by atoms with van der Waals surface area (Å²) in [7, 11) is 0. The lowest BCUT2D eigenvalue weighted by atomic mass is 10.2. The van der Waals surface area contributed by atoms with Crippen molar-refractivity contribution in [2.45, 2.75) is 30.9 Å². The summed E-state index contributed by atoms with van der Waals surface area (Å²) < 4.78 is 5.26.